The summed E-state index contributed by atoms with van der Waals surface area (Å²) in [4.78, 5) is 22.3. The quantitative estimate of drug-likeness (QED) is 0.576. The number of sulfonamides is 1. The maximum atomic E-state index is 12.1. The average Bonchev–Trinajstić information content (AvgIpc) is 2.50. The molecule has 6 nitrogen and oxygen atoms in total. The highest BCUT2D eigenvalue weighted by atomic mass is 35.5. The Hall–Kier alpha value is -1.60. The predicted molar refractivity (Wildman–Crippen MR) is 89.3 cm³/mol. The van der Waals surface area contributed by atoms with Gasteiger partial charge in [-0.3, -0.25) is 14.3 Å². The van der Waals surface area contributed by atoms with Crippen LogP contribution in [-0.4, -0.2) is 32.4 Å². The van der Waals surface area contributed by atoms with Crippen molar-refractivity contribution in [3.63, 3.8) is 0 Å². The zero-order valence-corrected chi connectivity index (χ0v) is 14.1. The molecule has 126 valence electrons. The van der Waals surface area contributed by atoms with Crippen molar-refractivity contribution in [2.24, 2.45) is 0 Å². The summed E-state index contributed by atoms with van der Waals surface area (Å²) < 4.78 is 24.6. The molecule has 1 aliphatic carbocycles. The fourth-order valence-corrected chi connectivity index (χ4v) is 3.56. The number of anilines is 1. The number of hydrogen-bond donors (Lipinski definition) is 2. The largest absolute Gasteiger partial charge is 0.381 e. The van der Waals surface area contributed by atoms with E-state index in [2.05, 4.69) is 5.32 Å². The molecule has 0 atom stereocenters. The van der Waals surface area contributed by atoms with Crippen LogP contribution in [-0.2, 0) is 14.8 Å². The maximum Gasteiger partial charge on any atom is 0.242 e. The number of hydrogen-bond acceptors (Lipinski definition) is 5. The van der Waals surface area contributed by atoms with Crippen LogP contribution in [0, 0.1) is 0 Å². The summed E-state index contributed by atoms with van der Waals surface area (Å²) in [5, 5.41) is 3.81. The van der Waals surface area contributed by atoms with E-state index < -0.39 is 21.6 Å². The molecule has 1 amide bonds. The van der Waals surface area contributed by atoms with E-state index in [1.807, 2.05) is 0 Å². The van der Waals surface area contributed by atoms with Gasteiger partial charge >= 0.3 is 0 Å². The van der Waals surface area contributed by atoms with Gasteiger partial charge < -0.3 is 5.32 Å². The zero-order chi connectivity index (χ0) is 16.9. The Morgan fingerprint density at radius 3 is 2.61 bits per heavy atom. The van der Waals surface area contributed by atoms with Crippen LogP contribution in [0.4, 0.5) is 5.69 Å². The van der Waals surface area contributed by atoms with Gasteiger partial charge in [0.2, 0.25) is 16.4 Å². The van der Waals surface area contributed by atoms with Crippen molar-refractivity contribution < 1.29 is 18.0 Å². The van der Waals surface area contributed by atoms with Gasteiger partial charge in [0, 0.05) is 11.6 Å². The molecule has 1 fully saturated rings. The normalized spacial score (nSPS) is 15.9. The molecule has 1 aromatic carbocycles. The molecule has 0 aliphatic heterocycles. The first-order chi connectivity index (χ1) is 10.9. The summed E-state index contributed by atoms with van der Waals surface area (Å²) in [5.41, 5.74) is 0.870. The number of halogens is 1. The van der Waals surface area contributed by atoms with Crippen LogP contribution in [0.2, 0.25) is 5.02 Å². The third-order valence-electron chi connectivity index (χ3n) is 3.80. The van der Waals surface area contributed by atoms with E-state index in [0.717, 1.165) is 25.7 Å². The standard InChI is InChI=1S/C15H19ClN2O4S/c16-13-7-6-11(15(20)9-23(21,22)17-10-19)8-14(13)18-12-4-2-1-3-5-12/h6-8,10,12,18H,1-5,9H2,(H,17,19). The summed E-state index contributed by atoms with van der Waals surface area (Å²) in [7, 11) is -3.95. The Labute approximate surface area is 140 Å². The summed E-state index contributed by atoms with van der Waals surface area (Å²) in [5.74, 6) is -1.38. The SMILES string of the molecule is O=CNS(=O)(=O)CC(=O)c1ccc(Cl)c(NC2CCCCC2)c1. The highest BCUT2D eigenvalue weighted by Gasteiger charge is 2.19. The van der Waals surface area contributed by atoms with Crippen LogP contribution in [0.1, 0.15) is 42.5 Å². The Morgan fingerprint density at radius 2 is 1.96 bits per heavy atom. The average molecular weight is 359 g/mol. The minimum atomic E-state index is -3.95. The van der Waals surface area contributed by atoms with Crippen molar-refractivity contribution in [1.82, 2.24) is 4.72 Å². The Morgan fingerprint density at radius 1 is 1.26 bits per heavy atom. The molecule has 0 spiro atoms. The number of rotatable bonds is 7. The second kappa shape index (κ2) is 7.79. The van der Waals surface area contributed by atoms with Crippen LogP contribution < -0.4 is 10.0 Å². The van der Waals surface area contributed by atoms with E-state index in [0.29, 0.717) is 16.8 Å². The third-order valence-corrected chi connectivity index (χ3v) is 5.23. The predicted octanol–water partition coefficient (Wildman–Crippen LogP) is 2.34. The number of amides is 1. The highest BCUT2D eigenvalue weighted by molar-refractivity contribution is 7.90. The molecule has 0 saturated heterocycles. The number of nitrogens with one attached hydrogen (secondary N) is 2. The molecule has 0 aromatic heterocycles. The molecular weight excluding hydrogens is 340 g/mol. The fourth-order valence-electron chi connectivity index (χ4n) is 2.65. The molecule has 1 aromatic rings. The number of benzene rings is 1. The summed E-state index contributed by atoms with van der Waals surface area (Å²) in [6.07, 6.45) is 5.68. The lowest BCUT2D eigenvalue weighted by Gasteiger charge is -2.24. The first-order valence-corrected chi connectivity index (χ1v) is 9.47. The maximum absolute atomic E-state index is 12.1. The molecule has 8 heteroatoms. The molecule has 23 heavy (non-hydrogen) atoms. The van der Waals surface area contributed by atoms with Gasteiger partial charge in [-0.25, -0.2) is 8.42 Å². The number of Topliss-reactive ketones (excluding diaryl/α,β-unsaturated/α-hetero) is 1. The first kappa shape index (κ1) is 17.7. The Balaban J connectivity index is 2.12. The van der Waals surface area contributed by atoms with Crippen LogP contribution in [0.15, 0.2) is 18.2 Å². The highest BCUT2D eigenvalue weighted by Crippen LogP contribution is 2.28. The van der Waals surface area contributed by atoms with Gasteiger partial charge in [0.15, 0.2) is 5.78 Å². The number of carbonyl (C=O) groups excluding carboxylic acids is 2. The van der Waals surface area contributed by atoms with E-state index in [1.54, 1.807) is 16.9 Å². The molecule has 2 rings (SSSR count). The van der Waals surface area contributed by atoms with E-state index >= 15 is 0 Å². The topological polar surface area (TPSA) is 92.3 Å². The van der Waals surface area contributed by atoms with Gasteiger partial charge in [0.25, 0.3) is 0 Å². The fraction of sp³-hybridized carbons (Fsp3) is 0.467. The van der Waals surface area contributed by atoms with Gasteiger partial charge in [-0.15, -0.1) is 0 Å². The van der Waals surface area contributed by atoms with Crippen molar-refractivity contribution in [1.29, 1.82) is 0 Å². The van der Waals surface area contributed by atoms with Gasteiger partial charge in [0.05, 0.1) is 10.7 Å². The second-order valence-electron chi connectivity index (χ2n) is 5.59. The van der Waals surface area contributed by atoms with Gasteiger partial charge in [0.1, 0.15) is 5.75 Å². The minimum absolute atomic E-state index is 0.0422. The Kier molecular flexibility index (Phi) is 6.01. The van der Waals surface area contributed by atoms with Crippen molar-refractivity contribution in [3.8, 4) is 0 Å². The minimum Gasteiger partial charge on any atom is -0.381 e. The molecule has 1 aliphatic rings. The first-order valence-electron chi connectivity index (χ1n) is 7.44. The van der Waals surface area contributed by atoms with E-state index in [9.17, 15) is 18.0 Å². The van der Waals surface area contributed by atoms with E-state index in [-0.39, 0.29) is 12.0 Å². The lowest BCUT2D eigenvalue weighted by atomic mass is 9.95. The lowest BCUT2D eigenvalue weighted by molar-refractivity contribution is -0.108. The monoisotopic (exact) mass is 358 g/mol. The number of carbonyl (C=O) groups is 2. The van der Waals surface area contributed by atoms with Crippen LogP contribution in [0.25, 0.3) is 0 Å². The van der Waals surface area contributed by atoms with Crippen molar-refractivity contribution in [3.05, 3.63) is 28.8 Å². The van der Waals surface area contributed by atoms with Gasteiger partial charge in [-0.05, 0) is 31.0 Å². The molecular formula is C15H19ClN2O4S. The van der Waals surface area contributed by atoms with Crippen molar-refractivity contribution in [2.45, 2.75) is 38.1 Å². The Bertz CT molecular complexity index is 685. The van der Waals surface area contributed by atoms with Gasteiger partial charge in [-0.1, -0.05) is 30.9 Å². The van der Waals surface area contributed by atoms with E-state index in [1.165, 1.54) is 12.5 Å². The van der Waals surface area contributed by atoms with Crippen LogP contribution in [0.3, 0.4) is 0 Å². The third kappa shape index (κ3) is 5.21. The van der Waals surface area contributed by atoms with Gasteiger partial charge in [-0.2, -0.15) is 0 Å². The molecule has 0 heterocycles. The summed E-state index contributed by atoms with van der Waals surface area (Å²) >= 11 is 6.15. The summed E-state index contributed by atoms with van der Waals surface area (Å²) in [6, 6.07) is 4.93. The smallest absolute Gasteiger partial charge is 0.242 e. The van der Waals surface area contributed by atoms with Crippen molar-refractivity contribution in [2.75, 3.05) is 11.1 Å². The van der Waals surface area contributed by atoms with E-state index in [4.69, 9.17) is 11.6 Å². The zero-order valence-electron chi connectivity index (χ0n) is 12.5. The lowest BCUT2D eigenvalue weighted by Crippen LogP contribution is -2.29. The number of ketones is 1. The molecule has 0 bridgehead atoms. The molecule has 2 N–H and O–H groups in total. The molecule has 1 saturated carbocycles. The summed E-state index contributed by atoms with van der Waals surface area (Å²) in [6.45, 7) is 0. The molecule has 0 unspecified atom stereocenters. The second-order valence-corrected chi connectivity index (χ2v) is 7.75. The van der Waals surface area contributed by atoms with Crippen molar-refractivity contribution >= 4 is 39.5 Å². The van der Waals surface area contributed by atoms with Crippen LogP contribution in [0.5, 0.6) is 0 Å². The van der Waals surface area contributed by atoms with Crippen LogP contribution >= 0.6 is 11.6 Å². The molecule has 0 radical (unpaired) electrons.